The fraction of sp³-hybridized carbons (Fsp3) is 0.381. The average Bonchev–Trinajstić information content (AvgIpc) is 3.05. The number of carboxylic acid groups (broad SMARTS) is 1. The number of para-hydroxylation sites is 1. The molecule has 2 aromatic heterocycles. The molecule has 1 aromatic carbocycles. The SMILES string of the molecule is CNC(C)c1[nH]c(-c2cccc3nc(C)c(NC(C)(C)C)nc23)cc1C(=O)O. The molecule has 2 heterocycles. The van der Waals surface area contributed by atoms with E-state index in [4.69, 9.17) is 9.97 Å². The summed E-state index contributed by atoms with van der Waals surface area (Å²) in [6, 6.07) is 7.29. The molecule has 0 spiro atoms. The Hall–Kier alpha value is -2.93. The van der Waals surface area contributed by atoms with Gasteiger partial charge in [-0.25, -0.2) is 14.8 Å². The topological polar surface area (TPSA) is 103 Å². The lowest BCUT2D eigenvalue weighted by atomic mass is 10.1. The van der Waals surface area contributed by atoms with Crippen LogP contribution in [0.4, 0.5) is 5.82 Å². The lowest BCUT2D eigenvalue weighted by Crippen LogP contribution is -2.27. The third kappa shape index (κ3) is 3.84. The van der Waals surface area contributed by atoms with Crippen molar-refractivity contribution in [3.63, 3.8) is 0 Å². The molecule has 0 amide bonds. The van der Waals surface area contributed by atoms with Gasteiger partial charge in [-0.05, 0) is 53.8 Å². The molecule has 7 heteroatoms. The summed E-state index contributed by atoms with van der Waals surface area (Å²) in [6.07, 6.45) is 0. The highest BCUT2D eigenvalue weighted by atomic mass is 16.4. The third-order valence-electron chi connectivity index (χ3n) is 4.60. The molecule has 0 aliphatic heterocycles. The van der Waals surface area contributed by atoms with Crippen molar-refractivity contribution < 1.29 is 9.90 Å². The number of hydrogen-bond donors (Lipinski definition) is 4. The molecule has 0 bridgehead atoms. The predicted octanol–water partition coefficient (Wildman–Crippen LogP) is 4.12. The van der Waals surface area contributed by atoms with Crippen LogP contribution < -0.4 is 10.6 Å². The smallest absolute Gasteiger partial charge is 0.337 e. The Bertz CT molecular complexity index is 1030. The van der Waals surface area contributed by atoms with Crippen LogP contribution >= 0.6 is 0 Å². The van der Waals surface area contributed by atoms with Gasteiger partial charge in [-0.2, -0.15) is 0 Å². The van der Waals surface area contributed by atoms with Gasteiger partial charge < -0.3 is 20.7 Å². The number of hydrogen-bond acceptors (Lipinski definition) is 5. The Balaban J connectivity index is 2.21. The van der Waals surface area contributed by atoms with Crippen molar-refractivity contribution in [2.24, 2.45) is 0 Å². The molecular weight excluding hydrogens is 354 g/mol. The van der Waals surface area contributed by atoms with E-state index in [9.17, 15) is 9.90 Å². The maximum atomic E-state index is 11.7. The fourth-order valence-corrected chi connectivity index (χ4v) is 3.13. The van der Waals surface area contributed by atoms with Gasteiger partial charge in [-0.15, -0.1) is 0 Å². The Morgan fingerprint density at radius 3 is 2.57 bits per heavy atom. The summed E-state index contributed by atoms with van der Waals surface area (Å²) in [5.74, 6) is -0.238. The largest absolute Gasteiger partial charge is 0.478 e. The van der Waals surface area contributed by atoms with Gasteiger partial charge in [0.25, 0.3) is 0 Å². The number of carboxylic acids is 1. The number of nitrogens with zero attached hydrogens (tertiary/aromatic N) is 2. The first-order valence-electron chi connectivity index (χ1n) is 9.30. The molecule has 0 saturated heterocycles. The van der Waals surface area contributed by atoms with Gasteiger partial charge in [-0.3, -0.25) is 0 Å². The number of benzene rings is 1. The average molecular weight is 381 g/mol. The first-order valence-corrected chi connectivity index (χ1v) is 9.30. The highest BCUT2D eigenvalue weighted by Crippen LogP contribution is 2.31. The minimum Gasteiger partial charge on any atom is -0.478 e. The number of aromatic carboxylic acids is 1. The number of aromatic amines is 1. The lowest BCUT2D eigenvalue weighted by molar-refractivity contribution is 0.0695. The second-order valence-corrected chi connectivity index (χ2v) is 8.03. The van der Waals surface area contributed by atoms with Gasteiger partial charge in [0.1, 0.15) is 11.3 Å². The zero-order valence-corrected chi connectivity index (χ0v) is 17.1. The highest BCUT2D eigenvalue weighted by Gasteiger charge is 2.21. The number of anilines is 1. The van der Waals surface area contributed by atoms with Crippen molar-refractivity contribution in [2.75, 3.05) is 12.4 Å². The number of H-pyrrole nitrogens is 1. The van der Waals surface area contributed by atoms with E-state index in [1.807, 2.05) is 32.0 Å². The van der Waals surface area contributed by atoms with Crippen LogP contribution in [0.25, 0.3) is 22.3 Å². The summed E-state index contributed by atoms with van der Waals surface area (Å²) in [4.78, 5) is 24.5. The second-order valence-electron chi connectivity index (χ2n) is 8.03. The van der Waals surface area contributed by atoms with Crippen molar-refractivity contribution in [2.45, 2.75) is 46.2 Å². The molecule has 0 radical (unpaired) electrons. The fourth-order valence-electron chi connectivity index (χ4n) is 3.13. The molecule has 1 atom stereocenters. The Kier molecular flexibility index (Phi) is 5.12. The molecule has 0 saturated carbocycles. The molecule has 148 valence electrons. The van der Waals surface area contributed by atoms with E-state index in [0.29, 0.717) is 11.4 Å². The molecule has 0 aliphatic rings. The molecule has 7 nitrogen and oxygen atoms in total. The van der Waals surface area contributed by atoms with E-state index >= 15 is 0 Å². The first kappa shape index (κ1) is 19.8. The van der Waals surface area contributed by atoms with E-state index in [-0.39, 0.29) is 17.1 Å². The molecule has 28 heavy (non-hydrogen) atoms. The maximum Gasteiger partial charge on any atom is 0.337 e. The minimum absolute atomic E-state index is 0.124. The molecule has 1 unspecified atom stereocenters. The molecule has 3 rings (SSSR count). The van der Waals surface area contributed by atoms with Crippen molar-refractivity contribution in [3.8, 4) is 11.3 Å². The predicted molar refractivity (Wildman–Crippen MR) is 112 cm³/mol. The molecular formula is C21H27N5O2. The number of aromatic nitrogens is 3. The number of fused-ring (bicyclic) bond motifs is 1. The minimum atomic E-state index is -0.961. The number of carbonyl (C=O) groups is 1. The van der Waals surface area contributed by atoms with Gasteiger partial charge >= 0.3 is 5.97 Å². The summed E-state index contributed by atoms with van der Waals surface area (Å²) in [5, 5.41) is 16.1. The number of rotatable bonds is 5. The highest BCUT2D eigenvalue weighted by molar-refractivity contribution is 5.95. The Morgan fingerprint density at radius 1 is 1.25 bits per heavy atom. The molecule has 0 aliphatic carbocycles. The van der Waals surface area contributed by atoms with Gasteiger partial charge in [-0.1, -0.05) is 12.1 Å². The lowest BCUT2D eigenvalue weighted by Gasteiger charge is -2.22. The molecule has 3 aromatic rings. The Morgan fingerprint density at radius 2 is 1.96 bits per heavy atom. The molecule has 0 fully saturated rings. The van der Waals surface area contributed by atoms with Crippen molar-refractivity contribution in [3.05, 3.63) is 41.2 Å². The Labute approximate surface area is 164 Å². The van der Waals surface area contributed by atoms with Crippen LogP contribution in [0.2, 0.25) is 0 Å². The van der Waals surface area contributed by atoms with Crippen molar-refractivity contribution in [1.82, 2.24) is 20.3 Å². The van der Waals surface area contributed by atoms with Crippen LogP contribution in [0.3, 0.4) is 0 Å². The van der Waals surface area contributed by atoms with Crippen LogP contribution in [0, 0.1) is 6.92 Å². The van der Waals surface area contributed by atoms with Gasteiger partial charge in [0.15, 0.2) is 0 Å². The summed E-state index contributed by atoms with van der Waals surface area (Å²) < 4.78 is 0. The van der Waals surface area contributed by atoms with Gasteiger partial charge in [0, 0.05) is 28.5 Å². The van der Waals surface area contributed by atoms with Crippen LogP contribution in [0.15, 0.2) is 24.3 Å². The van der Waals surface area contributed by atoms with E-state index in [1.54, 1.807) is 13.1 Å². The standard InChI is InChI=1S/C21H27N5O2/c1-11(22-6)17-14(20(27)28)10-16(24-17)13-8-7-9-15-18(13)25-19(12(2)23-15)26-21(3,4)5/h7-11,22,24H,1-6H3,(H,25,26)(H,27,28). The van der Waals surface area contributed by atoms with E-state index in [1.165, 1.54) is 0 Å². The zero-order valence-electron chi connectivity index (χ0n) is 17.1. The van der Waals surface area contributed by atoms with E-state index < -0.39 is 5.97 Å². The van der Waals surface area contributed by atoms with Crippen molar-refractivity contribution in [1.29, 1.82) is 0 Å². The van der Waals surface area contributed by atoms with Crippen LogP contribution in [0.5, 0.6) is 0 Å². The normalized spacial score (nSPS) is 12.9. The zero-order chi connectivity index (χ0) is 20.6. The summed E-state index contributed by atoms with van der Waals surface area (Å²) in [6.45, 7) is 10.1. The third-order valence-corrected chi connectivity index (χ3v) is 4.60. The summed E-state index contributed by atoms with van der Waals surface area (Å²) >= 11 is 0. The van der Waals surface area contributed by atoms with Crippen molar-refractivity contribution >= 4 is 22.8 Å². The van der Waals surface area contributed by atoms with Gasteiger partial charge in [0.05, 0.1) is 16.8 Å². The van der Waals surface area contributed by atoms with E-state index in [0.717, 1.165) is 28.1 Å². The maximum absolute atomic E-state index is 11.7. The first-order chi connectivity index (χ1) is 13.1. The number of aryl methyl sites for hydroxylation is 1. The van der Waals surface area contributed by atoms with Crippen LogP contribution in [-0.4, -0.2) is 38.6 Å². The van der Waals surface area contributed by atoms with Crippen LogP contribution in [-0.2, 0) is 0 Å². The van der Waals surface area contributed by atoms with E-state index in [2.05, 4.69) is 36.4 Å². The van der Waals surface area contributed by atoms with Gasteiger partial charge in [0.2, 0.25) is 0 Å². The monoisotopic (exact) mass is 381 g/mol. The summed E-state index contributed by atoms with van der Waals surface area (Å²) in [7, 11) is 1.80. The second kappa shape index (κ2) is 7.24. The molecule has 4 N–H and O–H groups in total. The summed E-state index contributed by atoms with van der Waals surface area (Å²) in [5.41, 5.74) is 4.57. The quantitative estimate of drug-likeness (QED) is 0.530. The number of nitrogens with one attached hydrogen (secondary N) is 3. The van der Waals surface area contributed by atoms with Crippen LogP contribution in [0.1, 0.15) is 55.5 Å².